The van der Waals surface area contributed by atoms with E-state index >= 15 is 0 Å². The second-order valence-corrected chi connectivity index (χ2v) is 14.0. The van der Waals surface area contributed by atoms with Gasteiger partial charge in [0.15, 0.2) is 0 Å². The fourth-order valence-electron chi connectivity index (χ4n) is 8.01. The molecule has 262 valence electrons. The SMILES string of the molecule is CCCC[N+]1(CCCC)Cc2c(-c3ccc(C(F)(F)F)cc3)cc3ccccc3c2-c2c(c(-c3ccc(C(F)(F)F)cc3)cc3ccccc23)C1. The van der Waals surface area contributed by atoms with Crippen LogP contribution in [0.1, 0.15) is 61.8 Å². The van der Waals surface area contributed by atoms with E-state index in [1.165, 1.54) is 0 Å². The van der Waals surface area contributed by atoms with Gasteiger partial charge in [-0.1, -0.05) is 99.5 Å². The molecule has 0 atom stereocenters. The lowest BCUT2D eigenvalue weighted by Gasteiger charge is -2.39. The van der Waals surface area contributed by atoms with Gasteiger partial charge in [-0.15, -0.1) is 0 Å². The molecule has 1 nitrogen and oxygen atoms in total. The van der Waals surface area contributed by atoms with Gasteiger partial charge < -0.3 is 4.48 Å². The van der Waals surface area contributed by atoms with Gasteiger partial charge in [0.05, 0.1) is 24.2 Å². The van der Waals surface area contributed by atoms with Crippen molar-refractivity contribution in [3.05, 3.63) is 131 Å². The Morgan fingerprint density at radius 1 is 0.510 bits per heavy atom. The van der Waals surface area contributed by atoms with Gasteiger partial charge >= 0.3 is 12.4 Å². The van der Waals surface area contributed by atoms with E-state index in [-0.39, 0.29) is 0 Å². The standard InChI is InChI=1S/C44H40F6N/c1-3-5-23-51(24-6-4-2)27-39-37(29-15-19-33(20-16-29)43(45,46)47)25-31-11-7-9-13-35(31)41(39)42-36-14-10-8-12-32(36)26-38(40(42)28-51)30-17-21-34(22-18-30)44(48,49)50/h7-22,25-26H,3-6,23-24,27-28H2,1-2H3/q+1. The van der Waals surface area contributed by atoms with Crippen molar-refractivity contribution in [3.8, 4) is 33.4 Å². The van der Waals surface area contributed by atoms with Crippen LogP contribution in [0.15, 0.2) is 109 Å². The molecule has 0 saturated heterocycles. The number of fused-ring (bicyclic) bond motifs is 7. The Balaban J connectivity index is 1.62. The van der Waals surface area contributed by atoms with Crippen LogP contribution in [0, 0.1) is 0 Å². The van der Waals surface area contributed by atoms with Crippen molar-refractivity contribution in [2.24, 2.45) is 0 Å². The van der Waals surface area contributed by atoms with E-state index in [4.69, 9.17) is 0 Å². The number of nitrogens with zero attached hydrogens (tertiary/aromatic N) is 1. The molecule has 1 aliphatic rings. The summed E-state index contributed by atoms with van der Waals surface area (Å²) >= 11 is 0. The van der Waals surface area contributed by atoms with Gasteiger partial charge in [-0.3, -0.25) is 0 Å². The zero-order chi connectivity index (χ0) is 36.0. The average Bonchev–Trinajstić information content (AvgIpc) is 3.27. The molecule has 7 heteroatoms. The third kappa shape index (κ3) is 6.64. The number of quaternary nitrogens is 1. The molecule has 0 aliphatic carbocycles. The molecular formula is C44H40F6N+. The van der Waals surface area contributed by atoms with Crippen LogP contribution < -0.4 is 0 Å². The van der Waals surface area contributed by atoms with E-state index in [1.54, 1.807) is 24.3 Å². The minimum Gasteiger partial charge on any atom is -0.316 e. The first-order valence-corrected chi connectivity index (χ1v) is 17.7. The van der Waals surface area contributed by atoms with Gasteiger partial charge in [0.2, 0.25) is 0 Å². The third-order valence-corrected chi connectivity index (χ3v) is 10.6. The van der Waals surface area contributed by atoms with Crippen LogP contribution in [0.2, 0.25) is 0 Å². The van der Waals surface area contributed by atoms with E-state index < -0.39 is 23.5 Å². The lowest BCUT2D eigenvalue weighted by Crippen LogP contribution is -2.47. The second-order valence-electron chi connectivity index (χ2n) is 14.0. The Hall–Kier alpha value is -4.62. The first kappa shape index (κ1) is 34.8. The predicted octanol–water partition coefficient (Wildman–Crippen LogP) is 13.5. The molecular weight excluding hydrogens is 656 g/mol. The summed E-state index contributed by atoms with van der Waals surface area (Å²) in [4.78, 5) is 0. The van der Waals surface area contributed by atoms with Gasteiger partial charge in [0.25, 0.3) is 0 Å². The number of benzene rings is 6. The molecule has 1 aliphatic heterocycles. The highest BCUT2D eigenvalue weighted by Crippen LogP contribution is 2.50. The van der Waals surface area contributed by atoms with Crippen molar-refractivity contribution >= 4 is 21.5 Å². The molecule has 0 unspecified atom stereocenters. The maximum atomic E-state index is 13.7. The number of halogens is 6. The van der Waals surface area contributed by atoms with Crippen molar-refractivity contribution in [2.75, 3.05) is 13.1 Å². The third-order valence-electron chi connectivity index (χ3n) is 10.6. The quantitative estimate of drug-likeness (QED) is 0.110. The molecule has 0 radical (unpaired) electrons. The smallest absolute Gasteiger partial charge is 0.316 e. The molecule has 7 rings (SSSR count). The van der Waals surface area contributed by atoms with Gasteiger partial charge in [-0.2, -0.15) is 26.3 Å². The van der Waals surface area contributed by atoms with Gasteiger partial charge in [-0.05, 0) is 93.0 Å². The average molecular weight is 697 g/mol. The maximum Gasteiger partial charge on any atom is 0.416 e. The first-order valence-electron chi connectivity index (χ1n) is 17.7. The maximum absolute atomic E-state index is 13.7. The highest BCUT2D eigenvalue weighted by atomic mass is 19.4. The Morgan fingerprint density at radius 2 is 0.882 bits per heavy atom. The van der Waals surface area contributed by atoms with Gasteiger partial charge in [0, 0.05) is 22.3 Å². The van der Waals surface area contributed by atoms with Crippen LogP contribution in [0.25, 0.3) is 54.9 Å². The highest BCUT2D eigenvalue weighted by Gasteiger charge is 2.38. The fourth-order valence-corrected chi connectivity index (χ4v) is 8.01. The Kier molecular flexibility index (Phi) is 9.21. The molecule has 51 heavy (non-hydrogen) atoms. The van der Waals surface area contributed by atoms with Crippen LogP contribution in [-0.4, -0.2) is 17.6 Å². The van der Waals surface area contributed by atoms with E-state index in [9.17, 15) is 26.3 Å². The number of hydrogen-bond acceptors (Lipinski definition) is 0. The summed E-state index contributed by atoms with van der Waals surface area (Å²) in [5.41, 5.74) is 6.17. The summed E-state index contributed by atoms with van der Waals surface area (Å²) in [6.07, 6.45) is -4.92. The first-order chi connectivity index (χ1) is 24.4. The topological polar surface area (TPSA) is 0 Å². The zero-order valence-electron chi connectivity index (χ0n) is 28.8. The molecule has 0 fully saturated rings. The van der Waals surface area contributed by atoms with Gasteiger partial charge in [0.1, 0.15) is 13.1 Å². The number of rotatable bonds is 8. The van der Waals surface area contributed by atoms with E-state index in [1.807, 2.05) is 36.4 Å². The molecule has 6 aromatic carbocycles. The molecule has 1 heterocycles. The van der Waals surface area contributed by atoms with Crippen molar-refractivity contribution < 1.29 is 30.8 Å². The van der Waals surface area contributed by atoms with Gasteiger partial charge in [-0.25, -0.2) is 0 Å². The minimum atomic E-state index is -4.45. The van der Waals surface area contributed by atoms with Crippen molar-refractivity contribution in [3.63, 3.8) is 0 Å². The van der Waals surface area contributed by atoms with Crippen molar-refractivity contribution in [1.82, 2.24) is 0 Å². The summed E-state index contributed by atoms with van der Waals surface area (Å²) in [6, 6.07) is 31.6. The summed E-state index contributed by atoms with van der Waals surface area (Å²) in [5, 5.41) is 4.04. The second kappa shape index (κ2) is 13.5. The van der Waals surface area contributed by atoms with E-state index in [2.05, 4.69) is 38.1 Å². The Morgan fingerprint density at radius 3 is 1.24 bits per heavy atom. The van der Waals surface area contributed by atoms with E-state index in [0.717, 1.165) is 134 Å². The van der Waals surface area contributed by atoms with Crippen LogP contribution in [0.5, 0.6) is 0 Å². The van der Waals surface area contributed by atoms with E-state index in [0.29, 0.717) is 13.1 Å². The summed E-state index contributed by atoms with van der Waals surface area (Å²) in [6.45, 7) is 7.50. The lowest BCUT2D eigenvalue weighted by molar-refractivity contribution is -0.953. The highest BCUT2D eigenvalue weighted by molar-refractivity contribution is 6.12. The molecule has 0 amide bonds. The summed E-state index contributed by atoms with van der Waals surface area (Å²) < 4.78 is 83.0. The molecule has 0 spiro atoms. The zero-order valence-corrected chi connectivity index (χ0v) is 28.8. The normalized spacial score (nSPS) is 14.4. The fraction of sp³-hybridized carbons (Fsp3) is 0.273. The molecule has 0 aromatic heterocycles. The summed E-state index contributed by atoms with van der Waals surface area (Å²) in [7, 11) is 0. The molecule has 0 bridgehead atoms. The largest absolute Gasteiger partial charge is 0.416 e. The Bertz CT molecular complexity index is 2040. The number of unbranched alkanes of at least 4 members (excludes halogenated alkanes) is 2. The van der Waals surface area contributed by atoms with Crippen LogP contribution >= 0.6 is 0 Å². The molecule has 0 N–H and O–H groups in total. The predicted molar refractivity (Wildman–Crippen MR) is 195 cm³/mol. The van der Waals surface area contributed by atoms with Crippen molar-refractivity contribution in [1.29, 1.82) is 0 Å². The number of hydrogen-bond donors (Lipinski definition) is 0. The van der Waals surface area contributed by atoms with Crippen LogP contribution in [0.4, 0.5) is 26.3 Å². The minimum absolute atomic E-state index is 0.673. The lowest BCUT2D eigenvalue weighted by atomic mass is 9.82. The van der Waals surface area contributed by atoms with Crippen LogP contribution in [0.3, 0.4) is 0 Å². The Labute approximate surface area is 294 Å². The van der Waals surface area contributed by atoms with Crippen LogP contribution in [-0.2, 0) is 25.4 Å². The monoisotopic (exact) mass is 696 g/mol. The van der Waals surface area contributed by atoms with Crippen molar-refractivity contribution in [2.45, 2.75) is 65.0 Å². The number of alkyl halides is 6. The molecule has 6 aromatic rings. The summed E-state index contributed by atoms with van der Waals surface area (Å²) in [5.74, 6) is 0. The molecule has 0 saturated carbocycles.